The topological polar surface area (TPSA) is 53.9 Å². The fourth-order valence-corrected chi connectivity index (χ4v) is 0.729. The van der Waals surface area contributed by atoms with Crippen molar-refractivity contribution < 1.29 is 9.94 Å². The van der Waals surface area contributed by atoms with Crippen molar-refractivity contribution in [1.82, 2.24) is 5.32 Å². The Morgan fingerprint density at radius 3 is 2.64 bits per heavy atom. The molecule has 0 radical (unpaired) electrons. The van der Waals surface area contributed by atoms with E-state index in [2.05, 4.69) is 10.5 Å². The van der Waals surface area contributed by atoms with E-state index in [0.717, 1.165) is 12.1 Å². The van der Waals surface area contributed by atoms with Crippen LogP contribution in [-0.4, -0.2) is 36.1 Å². The first kappa shape index (κ1) is 13.4. The molecule has 0 saturated carbocycles. The highest BCUT2D eigenvalue weighted by molar-refractivity contribution is 5.80. The standard InChI is InChI=1S/C10H22N2O2/c1-5-9(4)12-14-7-10(13)6-11-8(2)3/h8,10-11,13H,5-7H2,1-4H3/b12-9-. The molecule has 0 aromatic heterocycles. The van der Waals surface area contributed by atoms with E-state index in [9.17, 15) is 5.11 Å². The van der Waals surface area contributed by atoms with E-state index < -0.39 is 6.10 Å². The molecule has 0 rings (SSSR count). The molecule has 4 nitrogen and oxygen atoms in total. The smallest absolute Gasteiger partial charge is 0.144 e. The number of hydrogen-bond acceptors (Lipinski definition) is 4. The third-order valence-corrected chi connectivity index (χ3v) is 1.76. The van der Waals surface area contributed by atoms with E-state index in [1.807, 2.05) is 27.7 Å². The number of aliphatic hydroxyl groups excluding tert-OH is 1. The molecule has 84 valence electrons. The largest absolute Gasteiger partial charge is 0.393 e. The predicted octanol–water partition coefficient (Wildman–Crippen LogP) is 1.15. The minimum atomic E-state index is -0.495. The first-order valence-corrected chi connectivity index (χ1v) is 5.13. The zero-order chi connectivity index (χ0) is 11.0. The molecular weight excluding hydrogens is 180 g/mol. The van der Waals surface area contributed by atoms with Gasteiger partial charge in [-0.3, -0.25) is 0 Å². The van der Waals surface area contributed by atoms with Crippen molar-refractivity contribution in [1.29, 1.82) is 0 Å². The van der Waals surface area contributed by atoms with Gasteiger partial charge < -0.3 is 15.3 Å². The van der Waals surface area contributed by atoms with Gasteiger partial charge in [0.05, 0.1) is 5.71 Å². The minimum Gasteiger partial charge on any atom is -0.393 e. The third kappa shape index (κ3) is 8.01. The lowest BCUT2D eigenvalue weighted by atomic mass is 10.3. The summed E-state index contributed by atoms with van der Waals surface area (Å²) in [6, 6.07) is 0.380. The summed E-state index contributed by atoms with van der Waals surface area (Å²) in [7, 11) is 0. The Kier molecular flexibility index (Phi) is 7.42. The van der Waals surface area contributed by atoms with Crippen LogP contribution in [0.1, 0.15) is 34.1 Å². The van der Waals surface area contributed by atoms with Gasteiger partial charge in [0.1, 0.15) is 12.7 Å². The van der Waals surface area contributed by atoms with Crippen LogP contribution in [0.3, 0.4) is 0 Å². The van der Waals surface area contributed by atoms with Gasteiger partial charge in [-0.1, -0.05) is 25.9 Å². The van der Waals surface area contributed by atoms with Gasteiger partial charge in [-0.25, -0.2) is 0 Å². The van der Waals surface area contributed by atoms with Crippen LogP contribution in [0.15, 0.2) is 5.16 Å². The van der Waals surface area contributed by atoms with Gasteiger partial charge >= 0.3 is 0 Å². The summed E-state index contributed by atoms with van der Waals surface area (Å²) in [6.45, 7) is 8.77. The van der Waals surface area contributed by atoms with Gasteiger partial charge in [0.2, 0.25) is 0 Å². The summed E-state index contributed by atoms with van der Waals surface area (Å²) in [5.74, 6) is 0. The molecule has 0 amide bonds. The molecule has 0 aliphatic carbocycles. The summed E-state index contributed by atoms with van der Waals surface area (Å²) in [5.41, 5.74) is 0.939. The van der Waals surface area contributed by atoms with Crippen LogP contribution in [0, 0.1) is 0 Å². The molecule has 14 heavy (non-hydrogen) atoms. The van der Waals surface area contributed by atoms with Gasteiger partial charge in [0.15, 0.2) is 0 Å². The number of nitrogens with one attached hydrogen (secondary N) is 1. The SMILES string of the molecule is CC/C(C)=N\OCC(O)CNC(C)C. The fourth-order valence-electron chi connectivity index (χ4n) is 0.729. The van der Waals surface area contributed by atoms with Crippen LogP contribution in [0.4, 0.5) is 0 Å². The Balaban J connectivity index is 3.49. The Bertz CT molecular complexity index is 170. The monoisotopic (exact) mass is 202 g/mol. The van der Waals surface area contributed by atoms with Crippen molar-refractivity contribution in [3.05, 3.63) is 0 Å². The number of hydrogen-bond donors (Lipinski definition) is 2. The molecule has 0 aliphatic rings. The number of oxime groups is 1. The van der Waals surface area contributed by atoms with E-state index in [-0.39, 0.29) is 6.61 Å². The van der Waals surface area contributed by atoms with Gasteiger partial charge in [-0.2, -0.15) is 0 Å². The molecule has 4 heteroatoms. The molecule has 1 unspecified atom stereocenters. The zero-order valence-electron chi connectivity index (χ0n) is 9.58. The van der Waals surface area contributed by atoms with E-state index in [1.54, 1.807) is 0 Å². The second-order valence-corrected chi connectivity index (χ2v) is 3.69. The van der Waals surface area contributed by atoms with Crippen LogP contribution >= 0.6 is 0 Å². The van der Waals surface area contributed by atoms with E-state index in [1.165, 1.54) is 0 Å². The van der Waals surface area contributed by atoms with Crippen LogP contribution in [0.25, 0.3) is 0 Å². The molecule has 2 N–H and O–H groups in total. The van der Waals surface area contributed by atoms with Crippen LogP contribution in [-0.2, 0) is 4.84 Å². The van der Waals surface area contributed by atoms with Crippen molar-refractivity contribution in [3.63, 3.8) is 0 Å². The molecule has 0 fully saturated rings. The van der Waals surface area contributed by atoms with Gasteiger partial charge in [0.25, 0.3) is 0 Å². The summed E-state index contributed by atoms with van der Waals surface area (Å²) in [4.78, 5) is 4.98. The first-order valence-electron chi connectivity index (χ1n) is 5.13. The maximum Gasteiger partial charge on any atom is 0.144 e. The lowest BCUT2D eigenvalue weighted by molar-refractivity contribution is 0.0391. The number of rotatable bonds is 7. The van der Waals surface area contributed by atoms with Gasteiger partial charge in [0, 0.05) is 12.6 Å². The quantitative estimate of drug-likeness (QED) is 0.481. The molecule has 0 aliphatic heterocycles. The van der Waals surface area contributed by atoms with Crippen molar-refractivity contribution in [3.8, 4) is 0 Å². The van der Waals surface area contributed by atoms with E-state index >= 15 is 0 Å². The molecule has 0 aromatic carbocycles. The highest BCUT2D eigenvalue weighted by atomic mass is 16.6. The second-order valence-electron chi connectivity index (χ2n) is 3.69. The summed E-state index contributed by atoms with van der Waals surface area (Å²) >= 11 is 0. The maximum atomic E-state index is 9.43. The maximum absolute atomic E-state index is 9.43. The Hall–Kier alpha value is -0.610. The minimum absolute atomic E-state index is 0.247. The molecule has 0 saturated heterocycles. The first-order chi connectivity index (χ1) is 6.56. The normalized spacial score (nSPS) is 14.6. The van der Waals surface area contributed by atoms with Crippen molar-refractivity contribution >= 4 is 5.71 Å². The van der Waals surface area contributed by atoms with E-state index in [0.29, 0.717) is 12.6 Å². The third-order valence-electron chi connectivity index (χ3n) is 1.76. The molecule has 0 bridgehead atoms. The lowest BCUT2D eigenvalue weighted by Gasteiger charge is -2.12. The summed E-state index contributed by atoms with van der Waals surface area (Å²) < 4.78 is 0. The van der Waals surface area contributed by atoms with Crippen molar-refractivity contribution in [2.24, 2.45) is 5.16 Å². The second kappa shape index (κ2) is 7.76. The lowest BCUT2D eigenvalue weighted by Crippen LogP contribution is -2.34. The van der Waals surface area contributed by atoms with Crippen LogP contribution < -0.4 is 5.32 Å². The van der Waals surface area contributed by atoms with E-state index in [4.69, 9.17) is 4.84 Å². The average molecular weight is 202 g/mol. The molecule has 0 heterocycles. The summed E-state index contributed by atoms with van der Waals surface area (Å²) in [5, 5.41) is 16.4. The Morgan fingerprint density at radius 2 is 2.14 bits per heavy atom. The molecular formula is C10H22N2O2. The average Bonchev–Trinajstić information content (AvgIpc) is 2.14. The van der Waals surface area contributed by atoms with Crippen molar-refractivity contribution in [2.75, 3.05) is 13.2 Å². The van der Waals surface area contributed by atoms with Gasteiger partial charge in [-0.15, -0.1) is 0 Å². The molecule has 0 spiro atoms. The molecule has 0 aromatic rings. The van der Waals surface area contributed by atoms with Gasteiger partial charge in [-0.05, 0) is 13.3 Å². The zero-order valence-corrected chi connectivity index (χ0v) is 9.58. The predicted molar refractivity (Wildman–Crippen MR) is 58.5 cm³/mol. The highest BCUT2D eigenvalue weighted by Gasteiger charge is 2.04. The Morgan fingerprint density at radius 1 is 1.50 bits per heavy atom. The number of nitrogens with zero attached hydrogens (tertiary/aromatic N) is 1. The molecule has 1 atom stereocenters. The fraction of sp³-hybridized carbons (Fsp3) is 0.900. The highest BCUT2D eigenvalue weighted by Crippen LogP contribution is 1.90. The van der Waals surface area contributed by atoms with Crippen molar-refractivity contribution in [2.45, 2.75) is 46.3 Å². The van der Waals surface area contributed by atoms with Crippen LogP contribution in [0.5, 0.6) is 0 Å². The Labute approximate surface area is 86.3 Å². The summed E-state index contributed by atoms with van der Waals surface area (Å²) in [6.07, 6.45) is 0.381. The van der Waals surface area contributed by atoms with Crippen LogP contribution in [0.2, 0.25) is 0 Å². The number of aliphatic hydroxyl groups is 1.